The largest absolute Gasteiger partial charge is 0.348 e. The van der Waals surface area contributed by atoms with Gasteiger partial charge in [0.25, 0.3) is 0 Å². The van der Waals surface area contributed by atoms with Gasteiger partial charge < -0.3 is 9.47 Å². The summed E-state index contributed by atoms with van der Waals surface area (Å²) < 4.78 is 10.7. The number of hydrogen-bond acceptors (Lipinski definition) is 3. The zero-order chi connectivity index (χ0) is 9.03. The van der Waals surface area contributed by atoms with Crippen LogP contribution in [0.25, 0.3) is 0 Å². The molecule has 0 radical (unpaired) electrons. The predicted octanol–water partition coefficient (Wildman–Crippen LogP) is 1.51. The number of ether oxygens (including phenoxy) is 2. The summed E-state index contributed by atoms with van der Waals surface area (Å²) in [6.45, 7) is 5.07. The number of carbonyl (C=O) groups excluding carboxylic acids is 1. The quantitative estimate of drug-likeness (QED) is 0.644. The maximum absolute atomic E-state index is 11.0. The minimum absolute atomic E-state index is 0.273. The van der Waals surface area contributed by atoms with Crippen molar-refractivity contribution in [3.05, 3.63) is 0 Å². The summed E-state index contributed by atoms with van der Waals surface area (Å²) in [4.78, 5) is 11.0. The highest BCUT2D eigenvalue weighted by atomic mass is 16.7. The lowest BCUT2D eigenvalue weighted by Gasteiger charge is -2.21. The summed E-state index contributed by atoms with van der Waals surface area (Å²) in [5.41, 5.74) is 0. The first-order valence-corrected chi connectivity index (χ1v) is 4.46. The molecule has 0 aliphatic carbocycles. The molecule has 1 saturated heterocycles. The topological polar surface area (TPSA) is 35.5 Å². The summed E-state index contributed by atoms with van der Waals surface area (Å²) >= 11 is 0. The highest BCUT2D eigenvalue weighted by Crippen LogP contribution is 2.24. The fraction of sp³-hybridized carbons (Fsp3) is 0.889. The molecule has 0 spiro atoms. The fourth-order valence-electron chi connectivity index (χ4n) is 1.24. The van der Waals surface area contributed by atoms with Gasteiger partial charge in [0.15, 0.2) is 5.79 Å². The number of carbonyl (C=O) groups is 1. The molecule has 0 bridgehead atoms. The van der Waals surface area contributed by atoms with Crippen molar-refractivity contribution in [1.82, 2.24) is 0 Å². The molecule has 0 unspecified atom stereocenters. The van der Waals surface area contributed by atoms with Gasteiger partial charge in [0, 0.05) is 19.3 Å². The van der Waals surface area contributed by atoms with Crippen molar-refractivity contribution >= 4 is 5.78 Å². The Morgan fingerprint density at radius 1 is 1.42 bits per heavy atom. The predicted molar refractivity (Wildman–Crippen MR) is 44.8 cm³/mol. The molecule has 3 heteroatoms. The van der Waals surface area contributed by atoms with Crippen LogP contribution in [0.5, 0.6) is 0 Å². The number of ketones is 1. The Bertz CT molecular complexity index is 159. The van der Waals surface area contributed by atoms with Gasteiger partial charge in [0.05, 0.1) is 13.2 Å². The van der Waals surface area contributed by atoms with Gasteiger partial charge in [-0.15, -0.1) is 0 Å². The molecule has 70 valence electrons. The Morgan fingerprint density at radius 3 is 2.50 bits per heavy atom. The Labute approximate surface area is 73.0 Å². The highest BCUT2D eigenvalue weighted by Gasteiger charge is 2.30. The minimum atomic E-state index is -0.495. The van der Waals surface area contributed by atoms with E-state index in [2.05, 4.69) is 0 Å². The normalized spacial score (nSPS) is 21.2. The summed E-state index contributed by atoms with van der Waals surface area (Å²) in [6, 6.07) is 0. The van der Waals surface area contributed by atoms with Crippen LogP contribution in [0, 0.1) is 0 Å². The second kappa shape index (κ2) is 4.01. The van der Waals surface area contributed by atoms with E-state index in [1.165, 1.54) is 0 Å². The Balaban J connectivity index is 2.25. The standard InChI is InChI=1S/C9H16O3/c1-3-8(10)4-5-9(2)11-6-7-12-9/h3-7H2,1-2H3. The first kappa shape index (κ1) is 9.68. The first-order valence-electron chi connectivity index (χ1n) is 4.46. The zero-order valence-corrected chi connectivity index (χ0v) is 7.76. The van der Waals surface area contributed by atoms with E-state index in [0.29, 0.717) is 32.5 Å². The van der Waals surface area contributed by atoms with Crippen molar-refractivity contribution in [1.29, 1.82) is 0 Å². The maximum Gasteiger partial charge on any atom is 0.166 e. The molecule has 1 fully saturated rings. The SMILES string of the molecule is CCC(=O)CCC1(C)OCCO1. The van der Waals surface area contributed by atoms with E-state index in [4.69, 9.17) is 9.47 Å². The van der Waals surface area contributed by atoms with Gasteiger partial charge in [-0.2, -0.15) is 0 Å². The van der Waals surface area contributed by atoms with Crippen molar-refractivity contribution in [2.45, 2.75) is 38.9 Å². The molecule has 1 aliphatic heterocycles. The van der Waals surface area contributed by atoms with E-state index in [-0.39, 0.29) is 5.78 Å². The molecule has 1 aliphatic rings. The number of hydrogen-bond donors (Lipinski definition) is 0. The lowest BCUT2D eigenvalue weighted by atomic mass is 10.1. The third kappa shape index (κ3) is 2.57. The van der Waals surface area contributed by atoms with Crippen LogP contribution in [0.15, 0.2) is 0 Å². The summed E-state index contributed by atoms with van der Waals surface area (Å²) in [6.07, 6.45) is 1.85. The molecular weight excluding hydrogens is 156 g/mol. The average Bonchev–Trinajstić information content (AvgIpc) is 2.49. The number of rotatable bonds is 4. The van der Waals surface area contributed by atoms with Crippen LogP contribution in [-0.4, -0.2) is 24.8 Å². The van der Waals surface area contributed by atoms with Gasteiger partial charge in [0.1, 0.15) is 5.78 Å². The highest BCUT2D eigenvalue weighted by molar-refractivity contribution is 5.77. The monoisotopic (exact) mass is 172 g/mol. The summed E-state index contributed by atoms with van der Waals surface area (Å²) in [7, 11) is 0. The lowest BCUT2D eigenvalue weighted by molar-refractivity contribution is -0.151. The van der Waals surface area contributed by atoms with Crippen LogP contribution in [0.4, 0.5) is 0 Å². The van der Waals surface area contributed by atoms with Crippen LogP contribution in [-0.2, 0) is 14.3 Å². The van der Waals surface area contributed by atoms with Crippen molar-refractivity contribution in [2.75, 3.05) is 13.2 Å². The van der Waals surface area contributed by atoms with Crippen LogP contribution >= 0.6 is 0 Å². The maximum atomic E-state index is 11.0. The van der Waals surface area contributed by atoms with E-state index >= 15 is 0 Å². The lowest BCUT2D eigenvalue weighted by Crippen LogP contribution is -2.26. The second-order valence-corrected chi connectivity index (χ2v) is 3.22. The van der Waals surface area contributed by atoms with Crippen LogP contribution < -0.4 is 0 Å². The molecule has 0 N–H and O–H groups in total. The molecule has 0 saturated carbocycles. The van der Waals surface area contributed by atoms with Crippen molar-refractivity contribution < 1.29 is 14.3 Å². The molecule has 12 heavy (non-hydrogen) atoms. The van der Waals surface area contributed by atoms with E-state index in [0.717, 1.165) is 0 Å². The Morgan fingerprint density at radius 2 is 2.00 bits per heavy atom. The minimum Gasteiger partial charge on any atom is -0.348 e. The molecule has 3 nitrogen and oxygen atoms in total. The smallest absolute Gasteiger partial charge is 0.166 e. The van der Waals surface area contributed by atoms with Crippen LogP contribution in [0.3, 0.4) is 0 Å². The Hall–Kier alpha value is -0.410. The van der Waals surface area contributed by atoms with Crippen LogP contribution in [0.2, 0.25) is 0 Å². The molecule has 0 aromatic rings. The second-order valence-electron chi connectivity index (χ2n) is 3.22. The van der Waals surface area contributed by atoms with Gasteiger partial charge in [-0.3, -0.25) is 4.79 Å². The van der Waals surface area contributed by atoms with Crippen LogP contribution in [0.1, 0.15) is 33.1 Å². The van der Waals surface area contributed by atoms with Crippen molar-refractivity contribution in [3.8, 4) is 0 Å². The fourth-order valence-corrected chi connectivity index (χ4v) is 1.24. The summed E-state index contributed by atoms with van der Waals surface area (Å²) in [5.74, 6) is -0.222. The van der Waals surface area contributed by atoms with E-state index in [1.54, 1.807) is 0 Å². The third-order valence-electron chi connectivity index (χ3n) is 2.15. The van der Waals surface area contributed by atoms with E-state index < -0.39 is 5.79 Å². The zero-order valence-electron chi connectivity index (χ0n) is 7.76. The average molecular weight is 172 g/mol. The molecule has 1 rings (SSSR count). The molecular formula is C9H16O3. The van der Waals surface area contributed by atoms with Gasteiger partial charge in [-0.1, -0.05) is 6.92 Å². The third-order valence-corrected chi connectivity index (χ3v) is 2.15. The molecule has 0 aromatic carbocycles. The molecule has 0 aromatic heterocycles. The van der Waals surface area contributed by atoms with Gasteiger partial charge in [-0.05, 0) is 6.92 Å². The van der Waals surface area contributed by atoms with E-state index in [1.807, 2.05) is 13.8 Å². The van der Waals surface area contributed by atoms with Crippen molar-refractivity contribution in [2.24, 2.45) is 0 Å². The molecule has 0 amide bonds. The number of Topliss-reactive ketones (excluding diaryl/α,β-unsaturated/α-hetero) is 1. The van der Waals surface area contributed by atoms with Crippen molar-refractivity contribution in [3.63, 3.8) is 0 Å². The first-order chi connectivity index (χ1) is 5.66. The van der Waals surface area contributed by atoms with Gasteiger partial charge >= 0.3 is 0 Å². The van der Waals surface area contributed by atoms with Gasteiger partial charge in [0.2, 0.25) is 0 Å². The molecule has 1 heterocycles. The summed E-state index contributed by atoms with van der Waals surface area (Å²) in [5, 5.41) is 0. The molecule has 0 atom stereocenters. The Kier molecular flexibility index (Phi) is 3.23. The van der Waals surface area contributed by atoms with E-state index in [9.17, 15) is 4.79 Å². The van der Waals surface area contributed by atoms with Gasteiger partial charge in [-0.25, -0.2) is 0 Å².